The first-order valence-electron chi connectivity index (χ1n) is 4.74. The highest BCUT2D eigenvalue weighted by Gasteiger charge is 2.03. The van der Waals surface area contributed by atoms with Crippen LogP contribution in [0.1, 0.15) is 5.56 Å². The van der Waals surface area contributed by atoms with E-state index >= 15 is 0 Å². The number of para-hydroxylation sites is 1. The first kappa shape index (κ1) is 11.2. The summed E-state index contributed by atoms with van der Waals surface area (Å²) in [4.78, 5) is 3.94. The molecule has 0 aliphatic heterocycles. The Morgan fingerprint density at radius 1 is 1.00 bits per heavy atom. The number of halogens is 2. The zero-order valence-corrected chi connectivity index (χ0v) is 9.87. The van der Waals surface area contributed by atoms with Gasteiger partial charge < -0.3 is 4.74 Å². The van der Waals surface area contributed by atoms with Crippen LogP contribution in [0.3, 0.4) is 0 Å². The van der Waals surface area contributed by atoms with E-state index in [1.165, 1.54) is 0 Å². The number of benzene rings is 1. The Morgan fingerprint density at radius 2 is 1.75 bits per heavy atom. The predicted molar refractivity (Wildman–Crippen MR) is 65.0 cm³/mol. The topological polar surface area (TPSA) is 22.1 Å². The number of nitrogens with zero attached hydrogens (tertiary/aromatic N) is 1. The number of pyridine rings is 1. The number of hydrogen-bond donors (Lipinski definition) is 0. The number of aromatic nitrogens is 1. The lowest BCUT2D eigenvalue weighted by Gasteiger charge is -2.07. The SMILES string of the molecule is Clc1ccc(COc2ccccc2)c(Cl)n1. The maximum absolute atomic E-state index is 5.92. The van der Waals surface area contributed by atoms with E-state index in [1.54, 1.807) is 12.1 Å². The zero-order valence-electron chi connectivity index (χ0n) is 8.36. The van der Waals surface area contributed by atoms with Crippen molar-refractivity contribution in [2.24, 2.45) is 0 Å². The van der Waals surface area contributed by atoms with Crippen molar-refractivity contribution in [2.75, 3.05) is 0 Å². The Balaban J connectivity index is 2.05. The van der Waals surface area contributed by atoms with E-state index in [1.807, 2.05) is 30.3 Å². The highest BCUT2D eigenvalue weighted by molar-refractivity contribution is 6.32. The van der Waals surface area contributed by atoms with E-state index in [2.05, 4.69) is 4.98 Å². The minimum absolute atomic E-state index is 0.378. The summed E-state index contributed by atoms with van der Waals surface area (Å²) in [5.74, 6) is 0.800. The van der Waals surface area contributed by atoms with Gasteiger partial charge in [0.2, 0.25) is 0 Å². The van der Waals surface area contributed by atoms with E-state index in [4.69, 9.17) is 27.9 Å². The van der Waals surface area contributed by atoms with Crippen LogP contribution in [0.4, 0.5) is 0 Å². The van der Waals surface area contributed by atoms with Crippen LogP contribution >= 0.6 is 23.2 Å². The third-order valence-electron chi connectivity index (χ3n) is 2.03. The molecule has 2 aromatic rings. The monoisotopic (exact) mass is 253 g/mol. The molecule has 0 aliphatic carbocycles. The van der Waals surface area contributed by atoms with Gasteiger partial charge in [-0.15, -0.1) is 0 Å². The first-order chi connectivity index (χ1) is 7.75. The van der Waals surface area contributed by atoms with Crippen LogP contribution in [0, 0.1) is 0 Å². The van der Waals surface area contributed by atoms with Crippen LogP contribution in [0.25, 0.3) is 0 Å². The summed E-state index contributed by atoms with van der Waals surface area (Å²) < 4.78 is 5.55. The van der Waals surface area contributed by atoms with Gasteiger partial charge >= 0.3 is 0 Å². The number of hydrogen-bond acceptors (Lipinski definition) is 2. The van der Waals surface area contributed by atoms with Crippen LogP contribution in [-0.2, 0) is 6.61 Å². The van der Waals surface area contributed by atoms with Gasteiger partial charge in [0.15, 0.2) is 0 Å². The number of rotatable bonds is 3. The summed E-state index contributed by atoms with van der Waals surface area (Å²) in [6, 6.07) is 13.0. The van der Waals surface area contributed by atoms with Gasteiger partial charge in [0, 0.05) is 5.56 Å². The Bertz CT molecular complexity index is 474. The van der Waals surface area contributed by atoms with E-state index in [0.717, 1.165) is 11.3 Å². The summed E-state index contributed by atoms with van der Waals surface area (Å²) >= 11 is 11.6. The molecule has 0 aliphatic rings. The summed E-state index contributed by atoms with van der Waals surface area (Å²) in [7, 11) is 0. The smallest absolute Gasteiger partial charge is 0.137 e. The summed E-state index contributed by atoms with van der Waals surface area (Å²) in [6.45, 7) is 0.382. The largest absolute Gasteiger partial charge is 0.489 e. The summed E-state index contributed by atoms with van der Waals surface area (Å²) in [6.07, 6.45) is 0. The molecule has 0 radical (unpaired) electrons. The molecule has 82 valence electrons. The van der Waals surface area contributed by atoms with Crippen LogP contribution in [0.2, 0.25) is 10.3 Å². The fraction of sp³-hybridized carbons (Fsp3) is 0.0833. The molecule has 2 rings (SSSR count). The normalized spacial score (nSPS) is 10.1. The van der Waals surface area contributed by atoms with E-state index < -0.39 is 0 Å². The summed E-state index contributed by atoms with van der Waals surface area (Å²) in [5.41, 5.74) is 0.815. The second-order valence-electron chi connectivity index (χ2n) is 3.19. The van der Waals surface area contributed by atoms with E-state index in [-0.39, 0.29) is 0 Å². The van der Waals surface area contributed by atoms with Crippen molar-refractivity contribution in [3.05, 3.63) is 58.3 Å². The maximum Gasteiger partial charge on any atom is 0.137 e. The van der Waals surface area contributed by atoms with Crippen molar-refractivity contribution in [3.8, 4) is 5.75 Å². The Hall–Kier alpha value is -1.25. The van der Waals surface area contributed by atoms with Crippen molar-refractivity contribution in [3.63, 3.8) is 0 Å². The molecule has 0 amide bonds. The molecule has 0 atom stereocenters. The molecule has 0 unspecified atom stereocenters. The lowest BCUT2D eigenvalue weighted by atomic mass is 10.3. The minimum Gasteiger partial charge on any atom is -0.489 e. The molecule has 16 heavy (non-hydrogen) atoms. The van der Waals surface area contributed by atoms with E-state index in [9.17, 15) is 0 Å². The van der Waals surface area contributed by atoms with Crippen LogP contribution in [0.5, 0.6) is 5.75 Å². The number of ether oxygens (including phenoxy) is 1. The molecule has 0 bridgehead atoms. The van der Waals surface area contributed by atoms with Crippen LogP contribution in [-0.4, -0.2) is 4.98 Å². The standard InChI is InChI=1S/C12H9Cl2NO/c13-11-7-6-9(12(14)15-11)8-16-10-4-2-1-3-5-10/h1-7H,8H2. The van der Waals surface area contributed by atoms with Crippen molar-refractivity contribution in [1.82, 2.24) is 4.98 Å². The molecule has 1 aromatic heterocycles. The van der Waals surface area contributed by atoms with Gasteiger partial charge in [-0.25, -0.2) is 4.98 Å². The fourth-order valence-electron chi connectivity index (χ4n) is 1.23. The molecule has 1 heterocycles. The molecule has 4 heteroatoms. The molecule has 0 saturated heterocycles. The Labute approximate surface area is 104 Å². The molecule has 0 spiro atoms. The van der Waals surface area contributed by atoms with Crippen molar-refractivity contribution in [2.45, 2.75) is 6.61 Å². The average Bonchev–Trinajstić information content (AvgIpc) is 2.29. The maximum atomic E-state index is 5.92. The van der Waals surface area contributed by atoms with Gasteiger partial charge in [-0.3, -0.25) is 0 Å². The third-order valence-corrected chi connectivity index (χ3v) is 2.57. The minimum atomic E-state index is 0.378. The lowest BCUT2D eigenvalue weighted by Crippen LogP contribution is -1.97. The van der Waals surface area contributed by atoms with Gasteiger partial charge in [-0.2, -0.15) is 0 Å². The third kappa shape index (κ3) is 2.87. The molecular formula is C12H9Cl2NO. The Morgan fingerprint density at radius 3 is 2.44 bits per heavy atom. The van der Waals surface area contributed by atoms with Crippen molar-refractivity contribution in [1.29, 1.82) is 0 Å². The molecule has 0 fully saturated rings. The quantitative estimate of drug-likeness (QED) is 0.773. The zero-order chi connectivity index (χ0) is 11.4. The van der Waals surface area contributed by atoms with Crippen LogP contribution < -0.4 is 4.74 Å². The second kappa shape index (κ2) is 5.19. The Kier molecular flexibility index (Phi) is 3.65. The average molecular weight is 254 g/mol. The summed E-state index contributed by atoms with van der Waals surface area (Å²) in [5, 5.41) is 0.761. The van der Waals surface area contributed by atoms with Crippen LogP contribution in [0.15, 0.2) is 42.5 Å². The van der Waals surface area contributed by atoms with Crippen molar-refractivity contribution < 1.29 is 4.74 Å². The van der Waals surface area contributed by atoms with Gasteiger partial charge in [-0.05, 0) is 24.3 Å². The van der Waals surface area contributed by atoms with Crippen molar-refractivity contribution >= 4 is 23.2 Å². The molecule has 0 N–H and O–H groups in total. The van der Waals surface area contributed by atoms with Gasteiger partial charge in [-0.1, -0.05) is 41.4 Å². The molecule has 0 saturated carbocycles. The highest BCUT2D eigenvalue weighted by atomic mass is 35.5. The van der Waals surface area contributed by atoms with Gasteiger partial charge in [0.25, 0.3) is 0 Å². The predicted octanol–water partition coefficient (Wildman–Crippen LogP) is 3.97. The van der Waals surface area contributed by atoms with E-state index in [0.29, 0.717) is 16.9 Å². The fourth-order valence-corrected chi connectivity index (χ4v) is 1.63. The highest BCUT2D eigenvalue weighted by Crippen LogP contribution is 2.19. The van der Waals surface area contributed by atoms with Gasteiger partial charge in [0.05, 0.1) is 0 Å². The van der Waals surface area contributed by atoms with Gasteiger partial charge in [0.1, 0.15) is 22.7 Å². The molecular weight excluding hydrogens is 245 g/mol. The first-order valence-corrected chi connectivity index (χ1v) is 5.50. The molecule has 1 aromatic carbocycles. The molecule has 2 nitrogen and oxygen atoms in total. The lowest BCUT2D eigenvalue weighted by molar-refractivity contribution is 0.306. The second-order valence-corrected chi connectivity index (χ2v) is 3.93.